The van der Waals surface area contributed by atoms with Gasteiger partial charge in [-0.3, -0.25) is 9.78 Å². The number of rotatable bonds is 9. The van der Waals surface area contributed by atoms with Gasteiger partial charge in [0.1, 0.15) is 18.1 Å². The first-order chi connectivity index (χ1) is 17.7. The van der Waals surface area contributed by atoms with E-state index in [1.807, 2.05) is 12.1 Å². The van der Waals surface area contributed by atoms with Crippen LogP contribution >= 0.6 is 0 Å². The number of anilines is 1. The van der Waals surface area contributed by atoms with Crippen LogP contribution in [0.5, 0.6) is 0 Å². The predicted octanol–water partition coefficient (Wildman–Crippen LogP) is 3.90. The van der Waals surface area contributed by atoms with Gasteiger partial charge in [0.25, 0.3) is 5.91 Å². The predicted molar refractivity (Wildman–Crippen MR) is 135 cm³/mol. The molecule has 0 aliphatic carbocycles. The van der Waals surface area contributed by atoms with E-state index in [0.29, 0.717) is 41.1 Å². The van der Waals surface area contributed by atoms with Gasteiger partial charge in [-0.2, -0.15) is 10.4 Å². The van der Waals surface area contributed by atoms with Gasteiger partial charge >= 0.3 is 0 Å². The summed E-state index contributed by atoms with van der Waals surface area (Å²) >= 11 is 0. The van der Waals surface area contributed by atoms with E-state index in [1.54, 1.807) is 28.8 Å². The maximum atomic E-state index is 14.2. The molecule has 37 heavy (non-hydrogen) atoms. The molecule has 190 valence electrons. The van der Waals surface area contributed by atoms with Crippen molar-refractivity contribution in [1.82, 2.24) is 19.9 Å². The van der Waals surface area contributed by atoms with Crippen LogP contribution in [0.25, 0.3) is 16.9 Å². The summed E-state index contributed by atoms with van der Waals surface area (Å²) in [6, 6.07) is 15.2. The molecule has 0 radical (unpaired) electrons. The summed E-state index contributed by atoms with van der Waals surface area (Å²) in [5.41, 5.74) is 2.30. The third-order valence-corrected chi connectivity index (χ3v) is 5.89. The molecule has 3 heterocycles. The van der Waals surface area contributed by atoms with E-state index in [9.17, 15) is 18.7 Å². The molecule has 8 nitrogen and oxygen atoms in total. The fourth-order valence-corrected chi connectivity index (χ4v) is 3.70. The molecular weight excluding hydrogens is 478 g/mol. The Morgan fingerprint density at radius 1 is 1.19 bits per heavy atom. The highest BCUT2D eigenvalue weighted by Gasteiger charge is 2.27. The molecule has 1 amide bonds. The molecular formula is C27H26F2N6O2. The van der Waals surface area contributed by atoms with Gasteiger partial charge < -0.3 is 15.7 Å². The summed E-state index contributed by atoms with van der Waals surface area (Å²) in [6.45, 7) is 2.73. The van der Waals surface area contributed by atoms with Crippen LogP contribution in [0.1, 0.15) is 35.3 Å². The summed E-state index contributed by atoms with van der Waals surface area (Å²) in [7, 11) is 0. The van der Waals surface area contributed by atoms with Crippen LogP contribution in [0.3, 0.4) is 0 Å². The molecule has 0 saturated carbocycles. The van der Waals surface area contributed by atoms with E-state index in [2.05, 4.69) is 26.8 Å². The second kappa shape index (κ2) is 10.7. The molecule has 3 aromatic heterocycles. The molecule has 10 heteroatoms. The first kappa shape index (κ1) is 25.7. The number of pyridine rings is 1. The monoisotopic (exact) mass is 504 g/mol. The molecule has 1 unspecified atom stereocenters. The van der Waals surface area contributed by atoms with E-state index in [-0.39, 0.29) is 17.9 Å². The number of aromatic nitrogens is 3. The van der Waals surface area contributed by atoms with Gasteiger partial charge in [-0.1, -0.05) is 12.1 Å². The number of fused-ring (bicyclic) bond motifs is 1. The first-order valence-corrected chi connectivity index (χ1v) is 11.7. The van der Waals surface area contributed by atoms with Crippen molar-refractivity contribution in [2.24, 2.45) is 0 Å². The van der Waals surface area contributed by atoms with E-state index < -0.39 is 17.7 Å². The topological polar surface area (TPSA) is 115 Å². The third-order valence-electron chi connectivity index (χ3n) is 5.89. The molecule has 1 atom stereocenters. The number of aliphatic hydroxyl groups is 1. The number of carbonyl (C=O) groups excluding carboxylic acids is 1. The standard InChI is InChI=1S/C27H26F2N6O2/c1-27(2,37)25(29)16-33-26(36)21-15-32-23(24-8-7-20-11-18(13-30)14-34-35(20)24)12-22(21)31-10-9-17-3-5-19(28)6-4-17/h3-8,11-12,14-15,25,37H,9-10,16H2,1-2H3,(H,31,32)(H,33,36). The lowest BCUT2D eigenvalue weighted by atomic mass is 10.0. The van der Waals surface area contributed by atoms with Crippen molar-refractivity contribution in [3.05, 3.63) is 83.4 Å². The zero-order valence-corrected chi connectivity index (χ0v) is 20.4. The molecule has 0 aliphatic rings. The van der Waals surface area contributed by atoms with Gasteiger partial charge in [-0.25, -0.2) is 13.3 Å². The third kappa shape index (κ3) is 6.08. The second-order valence-electron chi connectivity index (χ2n) is 9.16. The summed E-state index contributed by atoms with van der Waals surface area (Å²) in [5, 5.41) is 29.0. The van der Waals surface area contributed by atoms with Crippen LogP contribution in [0.15, 0.2) is 60.9 Å². The molecule has 0 aliphatic heterocycles. The molecule has 4 aromatic rings. The number of halogens is 2. The second-order valence-corrected chi connectivity index (χ2v) is 9.16. The number of nitrogens with zero attached hydrogens (tertiary/aromatic N) is 4. The maximum Gasteiger partial charge on any atom is 0.255 e. The number of benzene rings is 1. The highest BCUT2D eigenvalue weighted by Crippen LogP contribution is 2.26. The summed E-state index contributed by atoms with van der Waals surface area (Å²) in [4.78, 5) is 17.4. The molecule has 1 aromatic carbocycles. The van der Waals surface area contributed by atoms with E-state index in [4.69, 9.17) is 5.26 Å². The minimum absolute atomic E-state index is 0.200. The van der Waals surface area contributed by atoms with Gasteiger partial charge in [0.2, 0.25) is 0 Å². The first-order valence-electron chi connectivity index (χ1n) is 11.7. The van der Waals surface area contributed by atoms with Crippen molar-refractivity contribution in [2.75, 3.05) is 18.4 Å². The molecule has 0 saturated heterocycles. The quantitative estimate of drug-likeness (QED) is 0.319. The van der Waals surface area contributed by atoms with Crippen LogP contribution in [-0.2, 0) is 6.42 Å². The van der Waals surface area contributed by atoms with Crippen molar-refractivity contribution >= 4 is 17.1 Å². The molecule has 3 N–H and O–H groups in total. The average molecular weight is 505 g/mol. The van der Waals surface area contributed by atoms with Crippen molar-refractivity contribution in [1.29, 1.82) is 5.26 Å². The Morgan fingerprint density at radius 2 is 1.95 bits per heavy atom. The maximum absolute atomic E-state index is 14.2. The number of alkyl halides is 1. The van der Waals surface area contributed by atoms with Gasteiger partial charge in [0.15, 0.2) is 0 Å². The van der Waals surface area contributed by atoms with Crippen molar-refractivity contribution < 1.29 is 18.7 Å². The van der Waals surface area contributed by atoms with Crippen molar-refractivity contribution in [3.63, 3.8) is 0 Å². The highest BCUT2D eigenvalue weighted by atomic mass is 19.1. The number of amides is 1. The lowest BCUT2D eigenvalue weighted by Crippen LogP contribution is -2.42. The average Bonchev–Trinajstić information content (AvgIpc) is 3.30. The minimum Gasteiger partial charge on any atom is -0.387 e. The van der Waals surface area contributed by atoms with Crippen molar-refractivity contribution in [3.8, 4) is 17.5 Å². The van der Waals surface area contributed by atoms with Gasteiger partial charge in [-0.15, -0.1) is 0 Å². The Hall–Kier alpha value is -4.36. The highest BCUT2D eigenvalue weighted by molar-refractivity contribution is 6.00. The Kier molecular flexibility index (Phi) is 7.45. The fraction of sp³-hybridized carbons (Fsp3) is 0.259. The lowest BCUT2D eigenvalue weighted by Gasteiger charge is -2.22. The summed E-state index contributed by atoms with van der Waals surface area (Å²) < 4.78 is 29.1. The Labute approximate surface area is 212 Å². The van der Waals surface area contributed by atoms with Crippen LogP contribution in [-0.4, -0.2) is 50.5 Å². The zero-order chi connectivity index (χ0) is 26.6. The molecule has 0 fully saturated rings. The van der Waals surface area contributed by atoms with Crippen LogP contribution in [0.4, 0.5) is 14.5 Å². The smallest absolute Gasteiger partial charge is 0.255 e. The van der Waals surface area contributed by atoms with E-state index in [0.717, 1.165) is 5.56 Å². The lowest BCUT2D eigenvalue weighted by molar-refractivity contribution is -0.00177. The van der Waals surface area contributed by atoms with Gasteiger partial charge in [0.05, 0.1) is 52.1 Å². The minimum atomic E-state index is -1.66. The Balaban J connectivity index is 1.61. The SMILES string of the molecule is CC(C)(O)C(F)CNC(=O)c1cnc(-c2ccc3cc(C#N)cnn23)cc1NCCc1ccc(F)cc1. The van der Waals surface area contributed by atoms with E-state index >= 15 is 0 Å². The number of hydrogen-bond acceptors (Lipinski definition) is 6. The zero-order valence-electron chi connectivity index (χ0n) is 20.4. The molecule has 4 rings (SSSR count). The van der Waals surface area contributed by atoms with Crippen LogP contribution in [0, 0.1) is 17.1 Å². The van der Waals surface area contributed by atoms with Gasteiger partial charge in [0, 0.05) is 12.7 Å². The van der Waals surface area contributed by atoms with E-state index in [1.165, 1.54) is 38.4 Å². The number of nitrogens with one attached hydrogen (secondary N) is 2. The number of nitriles is 1. The largest absolute Gasteiger partial charge is 0.387 e. The number of carbonyl (C=O) groups is 1. The normalized spacial score (nSPS) is 12.2. The summed E-state index contributed by atoms with van der Waals surface area (Å²) in [6.07, 6.45) is 1.76. The number of hydrogen-bond donors (Lipinski definition) is 3. The molecule has 0 spiro atoms. The fourth-order valence-electron chi connectivity index (χ4n) is 3.70. The van der Waals surface area contributed by atoms with Crippen LogP contribution < -0.4 is 10.6 Å². The van der Waals surface area contributed by atoms with Crippen LogP contribution in [0.2, 0.25) is 0 Å². The Bertz CT molecular complexity index is 1450. The molecule has 0 bridgehead atoms. The Morgan fingerprint density at radius 3 is 2.65 bits per heavy atom. The summed E-state index contributed by atoms with van der Waals surface area (Å²) in [5.74, 6) is -0.867. The van der Waals surface area contributed by atoms with Gasteiger partial charge in [-0.05, 0) is 62.2 Å². The van der Waals surface area contributed by atoms with Crippen molar-refractivity contribution in [2.45, 2.75) is 32.0 Å².